The molecule has 10 heteroatoms. The van der Waals surface area contributed by atoms with Crippen LogP contribution in [0.1, 0.15) is 60.2 Å². The molecule has 1 atom stereocenters. The summed E-state index contributed by atoms with van der Waals surface area (Å²) in [6.07, 6.45) is 5.44. The number of ether oxygens (including phenoxy) is 1. The van der Waals surface area contributed by atoms with E-state index in [2.05, 4.69) is 20.4 Å². The topological polar surface area (TPSA) is 93.4 Å². The fourth-order valence-corrected chi connectivity index (χ4v) is 3.89. The maximum absolute atomic E-state index is 13.4. The van der Waals surface area contributed by atoms with Crippen LogP contribution in [0, 0.1) is 18.8 Å². The SMILES string of the molecule is Cc1nc([C@H](CNC(=O)c2ccc(N3CC(F)(F)C3)c(OCC3CC3)n2)CC2CC2)no1. The number of nitrogens with zero attached hydrogens (tertiary/aromatic N) is 4. The van der Waals surface area contributed by atoms with Crippen molar-refractivity contribution in [2.75, 3.05) is 31.1 Å². The van der Waals surface area contributed by atoms with Crippen LogP contribution >= 0.6 is 0 Å². The maximum Gasteiger partial charge on any atom is 0.282 e. The first kappa shape index (κ1) is 21.1. The summed E-state index contributed by atoms with van der Waals surface area (Å²) in [5, 5.41) is 6.95. The van der Waals surface area contributed by atoms with E-state index >= 15 is 0 Å². The van der Waals surface area contributed by atoms with E-state index in [-0.39, 0.29) is 36.5 Å². The monoisotopic (exact) mass is 447 g/mol. The smallest absolute Gasteiger partial charge is 0.282 e. The second-order valence-electron chi connectivity index (χ2n) is 9.24. The van der Waals surface area contributed by atoms with Gasteiger partial charge in [-0.1, -0.05) is 18.0 Å². The number of anilines is 1. The molecule has 8 nitrogen and oxygen atoms in total. The summed E-state index contributed by atoms with van der Waals surface area (Å²) in [6, 6.07) is 3.20. The van der Waals surface area contributed by atoms with Crippen LogP contribution < -0.4 is 15.0 Å². The number of halogens is 2. The number of rotatable bonds is 10. The highest BCUT2D eigenvalue weighted by Gasteiger charge is 2.45. The third-order valence-corrected chi connectivity index (χ3v) is 6.14. The Hall–Kier alpha value is -2.78. The van der Waals surface area contributed by atoms with Crippen molar-refractivity contribution in [2.45, 2.75) is 50.9 Å². The predicted octanol–water partition coefficient (Wildman–Crippen LogP) is 3.33. The molecule has 1 saturated heterocycles. The molecule has 1 amide bonds. The lowest BCUT2D eigenvalue weighted by atomic mass is 10.0. The number of aryl methyl sites for hydroxylation is 1. The van der Waals surface area contributed by atoms with E-state index in [1.54, 1.807) is 19.1 Å². The van der Waals surface area contributed by atoms with E-state index in [4.69, 9.17) is 9.26 Å². The Morgan fingerprint density at radius 1 is 1.25 bits per heavy atom. The van der Waals surface area contributed by atoms with Gasteiger partial charge in [-0.3, -0.25) is 4.79 Å². The zero-order chi connectivity index (χ0) is 22.3. The van der Waals surface area contributed by atoms with Gasteiger partial charge < -0.3 is 19.5 Å². The molecule has 0 unspecified atom stereocenters. The highest BCUT2D eigenvalue weighted by atomic mass is 19.3. The van der Waals surface area contributed by atoms with Crippen molar-refractivity contribution in [3.8, 4) is 5.88 Å². The van der Waals surface area contributed by atoms with Crippen LogP contribution in [0.3, 0.4) is 0 Å². The van der Waals surface area contributed by atoms with Gasteiger partial charge in [-0.2, -0.15) is 4.98 Å². The lowest BCUT2D eigenvalue weighted by molar-refractivity contribution is -0.0265. The van der Waals surface area contributed by atoms with E-state index in [0.717, 1.165) is 19.3 Å². The third-order valence-electron chi connectivity index (χ3n) is 6.14. The number of alkyl halides is 2. The molecule has 1 N–H and O–H groups in total. The lowest BCUT2D eigenvalue weighted by Crippen LogP contribution is -2.56. The number of carbonyl (C=O) groups is 1. The van der Waals surface area contributed by atoms with Gasteiger partial charge in [0.15, 0.2) is 5.82 Å². The van der Waals surface area contributed by atoms with E-state index in [0.29, 0.717) is 42.4 Å². The van der Waals surface area contributed by atoms with Gasteiger partial charge in [0.1, 0.15) is 11.4 Å². The van der Waals surface area contributed by atoms with Gasteiger partial charge in [0.2, 0.25) is 11.8 Å². The molecule has 3 fully saturated rings. The Morgan fingerprint density at radius 3 is 2.62 bits per heavy atom. The Bertz CT molecular complexity index is 982. The minimum Gasteiger partial charge on any atom is -0.476 e. The van der Waals surface area contributed by atoms with Gasteiger partial charge in [0.25, 0.3) is 11.8 Å². The molecule has 2 aromatic rings. The molecule has 0 aromatic carbocycles. The van der Waals surface area contributed by atoms with Crippen LogP contribution in [0.5, 0.6) is 5.88 Å². The van der Waals surface area contributed by atoms with Gasteiger partial charge in [-0.25, -0.2) is 13.8 Å². The van der Waals surface area contributed by atoms with Crippen molar-refractivity contribution in [1.82, 2.24) is 20.4 Å². The largest absolute Gasteiger partial charge is 0.476 e. The molecule has 3 heterocycles. The van der Waals surface area contributed by atoms with Crippen LogP contribution in [-0.2, 0) is 0 Å². The summed E-state index contributed by atoms with van der Waals surface area (Å²) in [7, 11) is 0. The quantitative estimate of drug-likeness (QED) is 0.597. The van der Waals surface area contributed by atoms with Gasteiger partial charge in [-0.15, -0.1) is 0 Å². The van der Waals surface area contributed by atoms with Crippen molar-refractivity contribution < 1.29 is 22.8 Å². The van der Waals surface area contributed by atoms with Crippen molar-refractivity contribution in [3.63, 3.8) is 0 Å². The number of hydrogen-bond acceptors (Lipinski definition) is 7. The third kappa shape index (κ3) is 4.99. The van der Waals surface area contributed by atoms with Crippen LogP contribution in [0.4, 0.5) is 14.5 Å². The first-order valence-corrected chi connectivity index (χ1v) is 11.2. The number of aromatic nitrogens is 3. The minimum atomic E-state index is -2.70. The van der Waals surface area contributed by atoms with Crippen LogP contribution in [0.2, 0.25) is 0 Å². The van der Waals surface area contributed by atoms with Crippen LogP contribution in [0.15, 0.2) is 16.7 Å². The van der Waals surface area contributed by atoms with Crippen molar-refractivity contribution in [1.29, 1.82) is 0 Å². The molecule has 2 aromatic heterocycles. The van der Waals surface area contributed by atoms with Gasteiger partial charge in [-0.05, 0) is 43.2 Å². The second-order valence-corrected chi connectivity index (χ2v) is 9.24. The Kier molecular flexibility index (Phi) is 5.46. The maximum atomic E-state index is 13.4. The molecule has 172 valence electrons. The molecule has 5 rings (SSSR count). The van der Waals surface area contributed by atoms with Crippen LogP contribution in [0.25, 0.3) is 0 Å². The number of carbonyl (C=O) groups excluding carboxylic acids is 1. The first-order chi connectivity index (χ1) is 15.4. The average molecular weight is 447 g/mol. The number of hydrogen-bond donors (Lipinski definition) is 1. The van der Waals surface area contributed by atoms with Gasteiger partial charge >= 0.3 is 0 Å². The highest BCUT2D eigenvalue weighted by Crippen LogP contribution is 2.39. The molecule has 3 aliphatic rings. The summed E-state index contributed by atoms with van der Waals surface area (Å²) in [5.41, 5.74) is 0.698. The molecule has 2 saturated carbocycles. The molecule has 0 bridgehead atoms. The van der Waals surface area contributed by atoms with Crippen LogP contribution in [-0.4, -0.2) is 53.2 Å². The Balaban J connectivity index is 1.27. The van der Waals surface area contributed by atoms with E-state index in [9.17, 15) is 13.6 Å². The minimum absolute atomic E-state index is 0.0305. The highest BCUT2D eigenvalue weighted by molar-refractivity contribution is 5.93. The molecule has 1 aliphatic heterocycles. The first-order valence-electron chi connectivity index (χ1n) is 11.2. The average Bonchev–Trinajstić information content (AvgIpc) is 3.67. The Labute approximate surface area is 184 Å². The summed E-state index contributed by atoms with van der Waals surface area (Å²) in [4.78, 5) is 23.1. The van der Waals surface area contributed by atoms with Crippen molar-refractivity contribution in [3.05, 3.63) is 29.5 Å². The lowest BCUT2D eigenvalue weighted by Gasteiger charge is -2.40. The van der Waals surface area contributed by atoms with Gasteiger partial charge in [0.05, 0.1) is 19.7 Å². The molecular formula is C22H27F2N5O3. The summed E-state index contributed by atoms with van der Waals surface area (Å²) in [5.74, 6) is -0.632. The van der Waals surface area contributed by atoms with E-state index in [1.807, 2.05) is 0 Å². The van der Waals surface area contributed by atoms with Gasteiger partial charge in [0, 0.05) is 19.4 Å². The fraction of sp³-hybridized carbons (Fsp3) is 0.636. The zero-order valence-corrected chi connectivity index (χ0v) is 18.0. The standard InChI is InChI=1S/C22H27F2N5O3/c1-13-26-19(28-32-13)16(8-14-2-3-14)9-25-20(30)17-6-7-18(29-11-22(23,24)12-29)21(27-17)31-10-15-4-5-15/h6-7,14-16H,2-5,8-12H2,1H3,(H,25,30)/t16-/m0/s1. The Morgan fingerprint density at radius 2 is 2.00 bits per heavy atom. The van der Waals surface area contributed by atoms with E-state index < -0.39 is 5.92 Å². The molecular weight excluding hydrogens is 420 g/mol. The number of nitrogens with one attached hydrogen (secondary N) is 1. The number of pyridine rings is 1. The number of amides is 1. The normalized spacial score (nSPS) is 20.5. The van der Waals surface area contributed by atoms with Crippen molar-refractivity contribution >= 4 is 11.6 Å². The van der Waals surface area contributed by atoms with E-state index in [1.165, 1.54) is 17.7 Å². The molecule has 0 radical (unpaired) electrons. The molecule has 0 spiro atoms. The zero-order valence-electron chi connectivity index (χ0n) is 18.0. The van der Waals surface area contributed by atoms with Crippen molar-refractivity contribution in [2.24, 2.45) is 11.8 Å². The molecule has 2 aliphatic carbocycles. The molecule has 32 heavy (non-hydrogen) atoms. The summed E-state index contributed by atoms with van der Waals surface area (Å²) < 4.78 is 37.7. The second kappa shape index (κ2) is 8.29. The summed E-state index contributed by atoms with van der Waals surface area (Å²) in [6.45, 7) is 1.86. The fourth-order valence-electron chi connectivity index (χ4n) is 3.89. The predicted molar refractivity (Wildman–Crippen MR) is 111 cm³/mol. The summed E-state index contributed by atoms with van der Waals surface area (Å²) >= 11 is 0.